The van der Waals surface area contributed by atoms with Gasteiger partial charge in [-0.1, -0.05) is 19.1 Å². The van der Waals surface area contributed by atoms with Crippen molar-refractivity contribution < 1.29 is 9.90 Å². The molecule has 1 fully saturated rings. The number of nitrogens with one attached hydrogen (secondary N) is 1. The highest BCUT2D eigenvalue weighted by Crippen LogP contribution is 2.13. The quantitative estimate of drug-likeness (QED) is 0.821. The van der Waals surface area contributed by atoms with Gasteiger partial charge in [0.05, 0.1) is 12.5 Å². The molecule has 0 aliphatic carbocycles. The highest BCUT2D eigenvalue weighted by molar-refractivity contribution is 5.79. The van der Waals surface area contributed by atoms with Crippen LogP contribution in [0.15, 0.2) is 24.3 Å². The molecular formula is C14H20N2O2. The largest absolute Gasteiger partial charge is 0.508 e. The van der Waals surface area contributed by atoms with Crippen molar-refractivity contribution in [2.24, 2.45) is 0 Å². The number of aromatic hydroxyl groups is 1. The molecule has 0 aromatic heterocycles. The summed E-state index contributed by atoms with van der Waals surface area (Å²) in [7, 11) is 0. The Morgan fingerprint density at radius 1 is 1.39 bits per heavy atom. The van der Waals surface area contributed by atoms with Crippen LogP contribution >= 0.6 is 0 Å². The van der Waals surface area contributed by atoms with Crippen LogP contribution in [0.4, 0.5) is 0 Å². The molecule has 1 heterocycles. The Bertz CT molecular complexity index is 399. The standard InChI is InChI=1S/C14H20N2O2/c1-2-7-16(12-9-15-10-12)14(18)8-11-3-5-13(17)6-4-11/h3-6,12,15,17H,2,7-10H2,1H3. The van der Waals surface area contributed by atoms with E-state index in [-0.39, 0.29) is 11.7 Å². The number of phenolic OH excluding ortho intramolecular Hbond substituents is 1. The van der Waals surface area contributed by atoms with Gasteiger partial charge in [-0.15, -0.1) is 0 Å². The summed E-state index contributed by atoms with van der Waals surface area (Å²) in [6.45, 7) is 4.72. The first kappa shape index (κ1) is 12.9. The smallest absolute Gasteiger partial charge is 0.227 e. The minimum Gasteiger partial charge on any atom is -0.508 e. The number of carbonyl (C=O) groups excluding carboxylic acids is 1. The average Bonchev–Trinajstić information content (AvgIpc) is 2.29. The Morgan fingerprint density at radius 3 is 2.56 bits per heavy atom. The van der Waals surface area contributed by atoms with Crippen LogP contribution in [0, 0.1) is 0 Å². The average molecular weight is 248 g/mol. The van der Waals surface area contributed by atoms with Crippen LogP contribution < -0.4 is 5.32 Å². The molecule has 0 saturated carbocycles. The zero-order valence-corrected chi connectivity index (χ0v) is 10.7. The minimum absolute atomic E-state index is 0.175. The van der Waals surface area contributed by atoms with Gasteiger partial charge in [-0.05, 0) is 24.1 Å². The van der Waals surface area contributed by atoms with Crippen LogP contribution in [0.2, 0.25) is 0 Å². The number of rotatable bonds is 5. The van der Waals surface area contributed by atoms with E-state index in [1.54, 1.807) is 24.3 Å². The molecule has 4 nitrogen and oxygen atoms in total. The molecule has 1 saturated heterocycles. The third-order valence-electron chi connectivity index (χ3n) is 3.28. The van der Waals surface area contributed by atoms with Crippen LogP contribution in [0.25, 0.3) is 0 Å². The van der Waals surface area contributed by atoms with Gasteiger partial charge in [0.15, 0.2) is 0 Å². The number of nitrogens with zero attached hydrogens (tertiary/aromatic N) is 1. The second-order valence-corrected chi connectivity index (χ2v) is 4.74. The SMILES string of the molecule is CCCN(C(=O)Cc1ccc(O)cc1)C1CNC1. The van der Waals surface area contributed by atoms with Crippen molar-refractivity contribution in [2.75, 3.05) is 19.6 Å². The summed E-state index contributed by atoms with van der Waals surface area (Å²) in [4.78, 5) is 14.2. The van der Waals surface area contributed by atoms with E-state index >= 15 is 0 Å². The zero-order valence-electron chi connectivity index (χ0n) is 10.7. The normalized spacial score (nSPS) is 15.2. The van der Waals surface area contributed by atoms with Crippen LogP contribution in [0.1, 0.15) is 18.9 Å². The predicted octanol–water partition coefficient (Wildman–Crippen LogP) is 1.15. The second kappa shape index (κ2) is 5.87. The lowest BCUT2D eigenvalue weighted by atomic mass is 10.1. The minimum atomic E-state index is 0.175. The maximum atomic E-state index is 12.3. The molecule has 18 heavy (non-hydrogen) atoms. The van der Waals surface area contributed by atoms with E-state index in [2.05, 4.69) is 12.2 Å². The van der Waals surface area contributed by atoms with E-state index in [4.69, 9.17) is 0 Å². The van der Waals surface area contributed by atoms with E-state index < -0.39 is 0 Å². The van der Waals surface area contributed by atoms with Crippen molar-refractivity contribution in [2.45, 2.75) is 25.8 Å². The summed E-state index contributed by atoms with van der Waals surface area (Å²) in [6, 6.07) is 7.21. The van der Waals surface area contributed by atoms with Crippen molar-refractivity contribution >= 4 is 5.91 Å². The first-order valence-electron chi connectivity index (χ1n) is 6.48. The van der Waals surface area contributed by atoms with Gasteiger partial charge >= 0.3 is 0 Å². The molecule has 1 aromatic rings. The van der Waals surface area contributed by atoms with Gasteiger partial charge in [-0.25, -0.2) is 0 Å². The van der Waals surface area contributed by atoms with Gasteiger partial charge < -0.3 is 15.3 Å². The van der Waals surface area contributed by atoms with Crippen LogP contribution in [0.5, 0.6) is 5.75 Å². The Labute approximate surface area is 108 Å². The van der Waals surface area contributed by atoms with Gasteiger partial charge in [0.25, 0.3) is 0 Å². The van der Waals surface area contributed by atoms with Crippen molar-refractivity contribution in [1.29, 1.82) is 0 Å². The lowest BCUT2D eigenvalue weighted by Gasteiger charge is -2.38. The molecular weight excluding hydrogens is 228 g/mol. The third kappa shape index (κ3) is 3.01. The summed E-state index contributed by atoms with van der Waals surface area (Å²) in [6.07, 6.45) is 1.40. The van der Waals surface area contributed by atoms with Crippen molar-refractivity contribution in [3.8, 4) is 5.75 Å². The molecule has 2 N–H and O–H groups in total. The summed E-state index contributed by atoms with van der Waals surface area (Å²) < 4.78 is 0. The predicted molar refractivity (Wildman–Crippen MR) is 70.5 cm³/mol. The van der Waals surface area contributed by atoms with Gasteiger partial charge in [-0.2, -0.15) is 0 Å². The highest BCUT2D eigenvalue weighted by Gasteiger charge is 2.27. The molecule has 0 atom stereocenters. The fourth-order valence-corrected chi connectivity index (χ4v) is 2.14. The van der Waals surface area contributed by atoms with Gasteiger partial charge in [-0.3, -0.25) is 4.79 Å². The zero-order chi connectivity index (χ0) is 13.0. The van der Waals surface area contributed by atoms with Crippen molar-refractivity contribution in [3.63, 3.8) is 0 Å². The van der Waals surface area contributed by atoms with E-state index in [9.17, 15) is 9.90 Å². The summed E-state index contributed by atoms with van der Waals surface area (Å²) in [5.74, 6) is 0.411. The van der Waals surface area contributed by atoms with E-state index in [1.165, 1.54) is 0 Å². The summed E-state index contributed by atoms with van der Waals surface area (Å²) in [5.41, 5.74) is 0.950. The first-order valence-corrected chi connectivity index (χ1v) is 6.48. The summed E-state index contributed by atoms with van der Waals surface area (Å²) in [5, 5.41) is 12.4. The van der Waals surface area contributed by atoms with Gasteiger partial charge in [0, 0.05) is 19.6 Å². The fraction of sp³-hybridized carbons (Fsp3) is 0.500. The van der Waals surface area contributed by atoms with Crippen LogP contribution in [0.3, 0.4) is 0 Å². The molecule has 0 bridgehead atoms. The number of phenols is 1. The Morgan fingerprint density at radius 2 is 2.06 bits per heavy atom. The molecule has 4 heteroatoms. The molecule has 1 aliphatic heterocycles. The molecule has 2 rings (SSSR count). The van der Waals surface area contributed by atoms with Gasteiger partial charge in [0.2, 0.25) is 5.91 Å². The maximum Gasteiger partial charge on any atom is 0.227 e. The Kier molecular flexibility index (Phi) is 4.20. The van der Waals surface area contributed by atoms with E-state index in [0.29, 0.717) is 12.5 Å². The number of carbonyl (C=O) groups is 1. The molecule has 1 aromatic carbocycles. The number of hydrogen-bond donors (Lipinski definition) is 2. The monoisotopic (exact) mass is 248 g/mol. The number of benzene rings is 1. The molecule has 0 radical (unpaired) electrons. The highest BCUT2D eigenvalue weighted by atomic mass is 16.3. The molecule has 1 amide bonds. The lowest BCUT2D eigenvalue weighted by Crippen LogP contribution is -2.59. The Hall–Kier alpha value is -1.55. The second-order valence-electron chi connectivity index (χ2n) is 4.74. The molecule has 98 valence electrons. The van der Waals surface area contributed by atoms with Crippen molar-refractivity contribution in [3.05, 3.63) is 29.8 Å². The van der Waals surface area contributed by atoms with Crippen LogP contribution in [-0.2, 0) is 11.2 Å². The molecule has 1 aliphatic rings. The fourth-order valence-electron chi connectivity index (χ4n) is 2.14. The lowest BCUT2D eigenvalue weighted by molar-refractivity contribution is -0.133. The van der Waals surface area contributed by atoms with E-state index in [1.807, 2.05) is 4.90 Å². The molecule has 0 spiro atoms. The summed E-state index contributed by atoms with van der Waals surface area (Å²) >= 11 is 0. The van der Waals surface area contributed by atoms with Crippen molar-refractivity contribution in [1.82, 2.24) is 10.2 Å². The molecule has 0 unspecified atom stereocenters. The van der Waals surface area contributed by atoms with Crippen LogP contribution in [-0.4, -0.2) is 41.6 Å². The maximum absolute atomic E-state index is 12.3. The number of amides is 1. The van der Waals surface area contributed by atoms with E-state index in [0.717, 1.165) is 31.6 Å². The Balaban J connectivity index is 1.97. The third-order valence-corrected chi connectivity index (χ3v) is 3.28. The van der Waals surface area contributed by atoms with Gasteiger partial charge in [0.1, 0.15) is 5.75 Å². The topological polar surface area (TPSA) is 52.6 Å². The number of hydrogen-bond acceptors (Lipinski definition) is 3. The first-order chi connectivity index (χ1) is 8.70.